The van der Waals surface area contributed by atoms with Crippen LogP contribution in [-0.4, -0.2) is 36.9 Å². The van der Waals surface area contributed by atoms with Gasteiger partial charge in [-0.25, -0.2) is 4.98 Å². The zero-order valence-corrected chi connectivity index (χ0v) is 17.1. The van der Waals surface area contributed by atoms with E-state index in [-0.39, 0.29) is 18.4 Å². The Morgan fingerprint density at radius 1 is 1.33 bits per heavy atom. The number of carboxylic acid groups (broad SMARTS) is 1. The van der Waals surface area contributed by atoms with Crippen molar-refractivity contribution in [3.05, 3.63) is 47.7 Å². The lowest BCUT2D eigenvalue weighted by atomic mass is 10.1. The molecule has 0 radical (unpaired) electrons. The number of hydrogen-bond acceptors (Lipinski definition) is 6. The highest BCUT2D eigenvalue weighted by atomic mass is 35.5. The Bertz CT molecular complexity index is 1210. The zero-order valence-electron chi connectivity index (χ0n) is 16.4. The molecule has 0 saturated heterocycles. The molecule has 0 aliphatic carbocycles. The number of nitrogens with zero attached hydrogens (tertiary/aromatic N) is 4. The van der Waals surface area contributed by atoms with Crippen LogP contribution in [0.1, 0.15) is 20.3 Å². The minimum atomic E-state index is -0.840. The summed E-state index contributed by atoms with van der Waals surface area (Å²) in [6.07, 6.45) is 3.43. The number of rotatable bonds is 7. The highest BCUT2D eigenvalue weighted by molar-refractivity contribution is 6.32. The van der Waals surface area contributed by atoms with E-state index in [9.17, 15) is 4.79 Å². The molecule has 0 bridgehead atoms. The van der Waals surface area contributed by atoms with Crippen LogP contribution in [-0.2, 0) is 11.3 Å². The fourth-order valence-corrected chi connectivity index (χ4v) is 3.34. The summed E-state index contributed by atoms with van der Waals surface area (Å²) in [5.41, 5.74) is 2.27. The largest absolute Gasteiger partial charge is 0.481 e. The molecule has 0 amide bonds. The first-order chi connectivity index (χ1) is 14.4. The molecule has 154 valence electrons. The number of benzene rings is 1. The van der Waals surface area contributed by atoms with E-state index in [1.807, 2.05) is 48.9 Å². The van der Waals surface area contributed by atoms with E-state index in [0.29, 0.717) is 28.8 Å². The Labute approximate surface area is 177 Å². The molecule has 0 saturated carbocycles. The molecule has 9 heteroatoms. The quantitative estimate of drug-likeness (QED) is 0.458. The van der Waals surface area contributed by atoms with Gasteiger partial charge in [-0.2, -0.15) is 4.98 Å². The molecule has 1 N–H and O–H groups in total. The number of ether oxygens (including phenoxy) is 1. The Balaban J connectivity index is 1.65. The normalized spacial score (nSPS) is 11.3. The minimum Gasteiger partial charge on any atom is -0.481 e. The van der Waals surface area contributed by atoms with Crippen molar-refractivity contribution in [2.45, 2.75) is 32.9 Å². The van der Waals surface area contributed by atoms with Crippen LogP contribution in [0.15, 0.2) is 47.2 Å². The first-order valence-electron chi connectivity index (χ1n) is 9.38. The third-order valence-corrected chi connectivity index (χ3v) is 4.72. The molecule has 30 heavy (non-hydrogen) atoms. The molecule has 4 aromatic rings. The molecule has 1 aromatic carbocycles. The number of halogens is 1. The van der Waals surface area contributed by atoms with Crippen LogP contribution in [0.3, 0.4) is 0 Å². The summed E-state index contributed by atoms with van der Waals surface area (Å²) in [7, 11) is 0. The molecular formula is C21H19ClN4O4. The van der Waals surface area contributed by atoms with Gasteiger partial charge in [0.1, 0.15) is 5.02 Å². The van der Waals surface area contributed by atoms with Crippen molar-refractivity contribution in [3.63, 3.8) is 0 Å². The number of carbonyl (C=O) groups is 1. The van der Waals surface area contributed by atoms with Crippen LogP contribution >= 0.6 is 11.6 Å². The van der Waals surface area contributed by atoms with Crippen molar-refractivity contribution >= 4 is 28.5 Å². The fourth-order valence-electron chi connectivity index (χ4n) is 3.13. The van der Waals surface area contributed by atoms with Crippen molar-refractivity contribution in [1.82, 2.24) is 19.7 Å². The van der Waals surface area contributed by atoms with Crippen LogP contribution in [0.4, 0.5) is 0 Å². The predicted octanol–water partition coefficient (Wildman–Crippen LogP) is 4.67. The zero-order chi connectivity index (χ0) is 21.3. The van der Waals surface area contributed by atoms with Gasteiger partial charge in [0.05, 0.1) is 18.1 Å². The fraction of sp³-hybridized carbons (Fsp3) is 0.238. The Morgan fingerprint density at radius 2 is 2.17 bits per heavy atom. The SMILES string of the molecule is CC(C)Oc1ncc(-c2nc(-c3cccc4c3ccn4CCC(=O)O)no2)cc1Cl. The van der Waals surface area contributed by atoms with Gasteiger partial charge in [-0.1, -0.05) is 28.9 Å². The summed E-state index contributed by atoms with van der Waals surface area (Å²) >= 11 is 6.26. The number of pyridine rings is 1. The lowest BCUT2D eigenvalue weighted by Gasteiger charge is -2.09. The van der Waals surface area contributed by atoms with E-state index >= 15 is 0 Å². The second-order valence-electron chi connectivity index (χ2n) is 6.99. The second kappa shape index (κ2) is 8.16. The number of carboxylic acids is 1. The number of hydrogen-bond donors (Lipinski definition) is 1. The molecule has 0 aliphatic heterocycles. The summed E-state index contributed by atoms with van der Waals surface area (Å²) in [4.78, 5) is 19.6. The third-order valence-electron chi connectivity index (χ3n) is 4.45. The molecule has 0 atom stereocenters. The monoisotopic (exact) mass is 426 g/mol. The van der Waals surface area contributed by atoms with Crippen molar-refractivity contribution in [2.24, 2.45) is 0 Å². The van der Waals surface area contributed by atoms with Gasteiger partial charge in [-0.15, -0.1) is 0 Å². The average Bonchev–Trinajstić information content (AvgIpc) is 3.34. The van der Waals surface area contributed by atoms with Gasteiger partial charge >= 0.3 is 5.97 Å². The number of aromatic nitrogens is 4. The van der Waals surface area contributed by atoms with E-state index in [4.69, 9.17) is 26.0 Å². The molecule has 0 unspecified atom stereocenters. The van der Waals surface area contributed by atoms with E-state index < -0.39 is 5.97 Å². The van der Waals surface area contributed by atoms with Crippen LogP contribution in [0.25, 0.3) is 33.7 Å². The lowest BCUT2D eigenvalue weighted by molar-refractivity contribution is -0.137. The smallest absolute Gasteiger partial charge is 0.305 e. The summed E-state index contributed by atoms with van der Waals surface area (Å²) in [5, 5.41) is 14.3. The number of aryl methyl sites for hydroxylation is 1. The Hall–Kier alpha value is -3.39. The van der Waals surface area contributed by atoms with Gasteiger partial charge in [0.2, 0.25) is 11.7 Å². The molecule has 0 fully saturated rings. The standard InChI is InChI=1S/C21H19ClN4O4/c1-12(2)29-21-16(22)10-13(11-23-21)20-24-19(25-30-20)15-4-3-5-17-14(15)6-8-26(17)9-7-18(27)28/h3-6,8,10-12H,7,9H2,1-2H3,(H,27,28). The van der Waals surface area contributed by atoms with E-state index in [0.717, 1.165) is 16.5 Å². The molecule has 3 heterocycles. The second-order valence-corrected chi connectivity index (χ2v) is 7.40. The summed E-state index contributed by atoms with van der Waals surface area (Å²) < 4.78 is 12.9. The topological polar surface area (TPSA) is 103 Å². The van der Waals surface area contributed by atoms with E-state index in [2.05, 4.69) is 15.1 Å². The molecule has 8 nitrogen and oxygen atoms in total. The number of fused-ring (bicyclic) bond motifs is 1. The first kappa shape index (κ1) is 19.9. The van der Waals surface area contributed by atoms with Crippen LogP contribution in [0, 0.1) is 0 Å². The van der Waals surface area contributed by atoms with Crippen molar-refractivity contribution in [2.75, 3.05) is 0 Å². The van der Waals surface area contributed by atoms with Crippen LogP contribution in [0.2, 0.25) is 5.02 Å². The average molecular weight is 427 g/mol. The molecular weight excluding hydrogens is 408 g/mol. The maximum absolute atomic E-state index is 10.9. The summed E-state index contributed by atoms with van der Waals surface area (Å²) in [6.45, 7) is 4.17. The lowest BCUT2D eigenvalue weighted by Crippen LogP contribution is -2.07. The van der Waals surface area contributed by atoms with Crippen molar-refractivity contribution in [1.29, 1.82) is 0 Å². The highest BCUT2D eigenvalue weighted by Crippen LogP contribution is 2.31. The molecule has 4 rings (SSSR count). The van der Waals surface area contributed by atoms with Crippen molar-refractivity contribution < 1.29 is 19.2 Å². The van der Waals surface area contributed by atoms with Gasteiger partial charge in [-0.3, -0.25) is 4.79 Å². The van der Waals surface area contributed by atoms with Crippen LogP contribution in [0.5, 0.6) is 5.88 Å². The van der Waals surface area contributed by atoms with Gasteiger partial charge in [-0.05, 0) is 32.0 Å². The van der Waals surface area contributed by atoms with E-state index in [1.54, 1.807) is 12.3 Å². The maximum atomic E-state index is 10.9. The Morgan fingerprint density at radius 3 is 2.90 bits per heavy atom. The molecule has 0 aliphatic rings. The highest BCUT2D eigenvalue weighted by Gasteiger charge is 2.16. The van der Waals surface area contributed by atoms with Gasteiger partial charge in [0, 0.05) is 35.4 Å². The molecule has 3 aromatic heterocycles. The maximum Gasteiger partial charge on any atom is 0.305 e. The van der Waals surface area contributed by atoms with Gasteiger partial charge < -0.3 is 18.9 Å². The van der Waals surface area contributed by atoms with Gasteiger partial charge in [0.15, 0.2) is 0 Å². The Kier molecular flexibility index (Phi) is 5.41. The van der Waals surface area contributed by atoms with Gasteiger partial charge in [0.25, 0.3) is 5.89 Å². The number of aliphatic carboxylic acids is 1. The summed E-state index contributed by atoms with van der Waals surface area (Å²) in [6, 6.07) is 9.29. The van der Waals surface area contributed by atoms with E-state index in [1.165, 1.54) is 0 Å². The molecule has 0 spiro atoms. The third kappa shape index (κ3) is 3.99. The van der Waals surface area contributed by atoms with Crippen LogP contribution < -0.4 is 4.74 Å². The first-order valence-corrected chi connectivity index (χ1v) is 9.76. The van der Waals surface area contributed by atoms with Crippen molar-refractivity contribution in [3.8, 4) is 28.7 Å². The predicted molar refractivity (Wildman–Crippen MR) is 111 cm³/mol. The minimum absolute atomic E-state index is 0.0425. The summed E-state index contributed by atoms with van der Waals surface area (Å²) in [5.74, 6) is 0.221.